The summed E-state index contributed by atoms with van der Waals surface area (Å²) in [6, 6.07) is 5.70. The molecule has 0 radical (unpaired) electrons. The highest BCUT2D eigenvalue weighted by Gasteiger charge is 2.32. The number of aliphatic hydroxyl groups is 1. The molecule has 0 saturated carbocycles. The van der Waals surface area contributed by atoms with Crippen molar-refractivity contribution in [2.24, 2.45) is 0 Å². The maximum absolute atomic E-state index is 12.4. The summed E-state index contributed by atoms with van der Waals surface area (Å²) in [6.45, 7) is 2.84. The van der Waals surface area contributed by atoms with Crippen LogP contribution in [0.3, 0.4) is 0 Å². The molecule has 0 aromatic heterocycles. The van der Waals surface area contributed by atoms with Gasteiger partial charge in [-0.05, 0) is 63.1 Å². The Morgan fingerprint density at radius 1 is 1.24 bits per heavy atom. The van der Waals surface area contributed by atoms with Gasteiger partial charge in [-0.3, -0.25) is 9.59 Å². The van der Waals surface area contributed by atoms with E-state index in [1.165, 1.54) is 18.2 Å². The van der Waals surface area contributed by atoms with Gasteiger partial charge in [-0.15, -0.1) is 13.2 Å². The first-order valence-electron chi connectivity index (χ1n) is 11.7. The van der Waals surface area contributed by atoms with Crippen molar-refractivity contribution in [2.75, 3.05) is 13.2 Å². The van der Waals surface area contributed by atoms with E-state index in [0.717, 1.165) is 32.1 Å². The predicted molar refractivity (Wildman–Crippen MR) is 117 cm³/mol. The molecule has 0 aliphatic carbocycles. The number of esters is 1. The van der Waals surface area contributed by atoms with Crippen LogP contribution in [0, 0.1) is 0 Å². The zero-order valence-electron chi connectivity index (χ0n) is 19.1. The molecule has 1 fully saturated rings. The van der Waals surface area contributed by atoms with Crippen LogP contribution in [0.5, 0.6) is 5.75 Å². The summed E-state index contributed by atoms with van der Waals surface area (Å²) in [5.41, 5.74) is 0.562. The van der Waals surface area contributed by atoms with Crippen molar-refractivity contribution in [3.63, 3.8) is 0 Å². The number of nitrogens with zero attached hydrogens (tertiary/aromatic N) is 1. The number of aliphatic hydroxyl groups excluding tert-OH is 1. The Kier molecular flexibility index (Phi) is 11.0. The van der Waals surface area contributed by atoms with Crippen molar-refractivity contribution in [3.05, 3.63) is 29.8 Å². The van der Waals surface area contributed by atoms with Gasteiger partial charge in [0.25, 0.3) is 0 Å². The second-order valence-corrected chi connectivity index (χ2v) is 8.38. The van der Waals surface area contributed by atoms with Gasteiger partial charge in [-0.1, -0.05) is 25.0 Å². The van der Waals surface area contributed by atoms with Gasteiger partial charge in [0.05, 0.1) is 12.7 Å². The van der Waals surface area contributed by atoms with E-state index in [-0.39, 0.29) is 30.1 Å². The molecular formula is C24H34F3NO5. The first-order valence-corrected chi connectivity index (χ1v) is 11.7. The number of unbranched alkanes of at least 4 members (excludes halogenated alkanes) is 3. The number of carbonyl (C=O) groups is 2. The lowest BCUT2D eigenvalue weighted by atomic mass is 10.00. The lowest BCUT2D eigenvalue weighted by molar-refractivity contribution is -0.274. The zero-order valence-corrected chi connectivity index (χ0v) is 19.1. The Bertz CT molecular complexity index is 756. The van der Waals surface area contributed by atoms with Crippen LogP contribution in [-0.2, 0) is 20.7 Å². The number of hydrogen-bond donors (Lipinski definition) is 1. The molecule has 1 heterocycles. The molecule has 186 valence electrons. The van der Waals surface area contributed by atoms with Crippen LogP contribution in [0.25, 0.3) is 0 Å². The van der Waals surface area contributed by atoms with Crippen LogP contribution in [0.4, 0.5) is 13.2 Å². The summed E-state index contributed by atoms with van der Waals surface area (Å²) >= 11 is 0. The topological polar surface area (TPSA) is 76.1 Å². The number of rotatable bonds is 14. The third-order valence-corrected chi connectivity index (χ3v) is 5.72. The molecule has 1 saturated heterocycles. The standard InChI is InChI=1S/C24H34F3NO5/c1-2-32-23(31)10-5-3-4-6-15-28-19(12-14-22(28)30)11-13-20(29)16-18-8-7-9-21(17-18)33-24(25,26)27/h7-9,17,19-20,29H,2-6,10-16H2,1H3/t19-,20?/m0/s1. The highest BCUT2D eigenvalue weighted by atomic mass is 19.4. The Morgan fingerprint density at radius 2 is 2.00 bits per heavy atom. The maximum Gasteiger partial charge on any atom is 0.573 e. The molecule has 1 aliphatic heterocycles. The Morgan fingerprint density at radius 3 is 2.73 bits per heavy atom. The number of ether oxygens (including phenoxy) is 2. The Labute approximate surface area is 193 Å². The van der Waals surface area contributed by atoms with Crippen molar-refractivity contribution in [2.45, 2.75) is 89.6 Å². The van der Waals surface area contributed by atoms with Gasteiger partial charge in [-0.25, -0.2) is 0 Å². The number of halogens is 3. The molecule has 1 unspecified atom stereocenters. The van der Waals surface area contributed by atoms with Crippen molar-refractivity contribution >= 4 is 11.9 Å². The second kappa shape index (κ2) is 13.4. The number of alkyl halides is 3. The number of hydrogen-bond acceptors (Lipinski definition) is 5. The molecule has 2 atom stereocenters. The van der Waals surface area contributed by atoms with Gasteiger partial charge in [0.1, 0.15) is 5.75 Å². The largest absolute Gasteiger partial charge is 0.573 e. The number of amides is 1. The predicted octanol–water partition coefficient (Wildman–Crippen LogP) is 4.77. The molecule has 1 amide bonds. The molecule has 1 aromatic carbocycles. The maximum atomic E-state index is 12.4. The molecule has 6 nitrogen and oxygen atoms in total. The van der Waals surface area contributed by atoms with Crippen molar-refractivity contribution in [1.82, 2.24) is 4.90 Å². The fraction of sp³-hybridized carbons (Fsp3) is 0.667. The average Bonchev–Trinajstić information content (AvgIpc) is 3.07. The van der Waals surface area contributed by atoms with Gasteiger partial charge in [-0.2, -0.15) is 0 Å². The third kappa shape index (κ3) is 10.5. The summed E-state index contributed by atoms with van der Waals surface area (Å²) < 4.78 is 46.0. The van der Waals surface area contributed by atoms with Crippen LogP contribution < -0.4 is 4.74 Å². The van der Waals surface area contributed by atoms with Gasteiger partial charge >= 0.3 is 12.3 Å². The van der Waals surface area contributed by atoms with Crippen LogP contribution in [0.1, 0.15) is 70.3 Å². The zero-order chi connectivity index (χ0) is 24.3. The van der Waals surface area contributed by atoms with Crippen LogP contribution in [-0.4, -0.2) is 53.5 Å². The Hall–Kier alpha value is -2.29. The third-order valence-electron chi connectivity index (χ3n) is 5.72. The molecule has 1 N–H and O–H groups in total. The van der Waals surface area contributed by atoms with E-state index < -0.39 is 12.5 Å². The first-order chi connectivity index (χ1) is 15.7. The summed E-state index contributed by atoms with van der Waals surface area (Å²) in [5.74, 6) is -0.356. The highest BCUT2D eigenvalue weighted by molar-refractivity contribution is 5.78. The molecule has 1 aromatic rings. The minimum absolute atomic E-state index is 0.0755. The number of likely N-dealkylation sites (tertiary alicyclic amines) is 1. The van der Waals surface area contributed by atoms with Gasteiger partial charge < -0.3 is 19.5 Å². The van der Waals surface area contributed by atoms with Crippen LogP contribution >= 0.6 is 0 Å². The van der Waals surface area contributed by atoms with Crippen LogP contribution in [0.15, 0.2) is 24.3 Å². The van der Waals surface area contributed by atoms with Crippen molar-refractivity contribution in [3.8, 4) is 5.75 Å². The lowest BCUT2D eigenvalue weighted by Crippen LogP contribution is -2.34. The normalized spacial score (nSPS) is 17.3. The first kappa shape index (κ1) is 27.0. The van der Waals surface area contributed by atoms with Crippen molar-refractivity contribution in [1.29, 1.82) is 0 Å². The van der Waals surface area contributed by atoms with E-state index in [1.54, 1.807) is 13.0 Å². The second-order valence-electron chi connectivity index (χ2n) is 8.38. The molecule has 1 aliphatic rings. The molecule has 2 rings (SSSR count). The van der Waals surface area contributed by atoms with Crippen molar-refractivity contribution < 1.29 is 37.3 Å². The minimum atomic E-state index is -4.75. The Balaban J connectivity index is 1.71. The van der Waals surface area contributed by atoms with E-state index >= 15 is 0 Å². The molecule has 33 heavy (non-hydrogen) atoms. The van der Waals surface area contributed by atoms with E-state index in [1.807, 2.05) is 4.90 Å². The molecule has 0 spiro atoms. The quantitative estimate of drug-likeness (QED) is 0.311. The lowest BCUT2D eigenvalue weighted by Gasteiger charge is -2.26. The van der Waals surface area contributed by atoms with E-state index in [9.17, 15) is 27.9 Å². The summed E-state index contributed by atoms with van der Waals surface area (Å²) in [6.07, 6.45) is 0.991. The monoisotopic (exact) mass is 473 g/mol. The fourth-order valence-electron chi connectivity index (χ4n) is 4.17. The fourth-order valence-corrected chi connectivity index (χ4v) is 4.17. The van der Waals surface area contributed by atoms with Gasteiger partial charge in [0.2, 0.25) is 5.91 Å². The number of benzene rings is 1. The van der Waals surface area contributed by atoms with E-state index in [2.05, 4.69) is 4.74 Å². The highest BCUT2D eigenvalue weighted by Crippen LogP contribution is 2.26. The van der Waals surface area contributed by atoms with Gasteiger partial charge in [0, 0.05) is 25.4 Å². The molecule has 0 bridgehead atoms. The minimum Gasteiger partial charge on any atom is -0.466 e. The average molecular weight is 474 g/mol. The molecular weight excluding hydrogens is 439 g/mol. The van der Waals surface area contributed by atoms with E-state index in [0.29, 0.717) is 44.4 Å². The smallest absolute Gasteiger partial charge is 0.466 e. The SMILES string of the molecule is CCOC(=O)CCCCCCN1C(=O)CC[C@@H]1CCC(O)Cc1cccc(OC(F)(F)F)c1. The number of carbonyl (C=O) groups excluding carboxylic acids is 2. The van der Waals surface area contributed by atoms with Gasteiger partial charge in [0.15, 0.2) is 0 Å². The summed E-state index contributed by atoms with van der Waals surface area (Å²) in [7, 11) is 0. The van der Waals surface area contributed by atoms with E-state index in [4.69, 9.17) is 4.74 Å². The summed E-state index contributed by atoms with van der Waals surface area (Å²) in [4.78, 5) is 25.5. The van der Waals surface area contributed by atoms with Crippen LogP contribution in [0.2, 0.25) is 0 Å². The molecule has 9 heteroatoms. The summed E-state index contributed by atoms with van der Waals surface area (Å²) in [5, 5.41) is 10.4.